The lowest BCUT2D eigenvalue weighted by atomic mass is 9.81. The van der Waals surface area contributed by atoms with Crippen LogP contribution in [0.15, 0.2) is 24.3 Å². The molecule has 0 fully saturated rings. The van der Waals surface area contributed by atoms with Gasteiger partial charge in [0.05, 0.1) is 0 Å². The van der Waals surface area contributed by atoms with Crippen molar-refractivity contribution < 1.29 is 19.0 Å². The Morgan fingerprint density at radius 3 is 2.11 bits per heavy atom. The number of alkyl halides is 3. The summed E-state index contributed by atoms with van der Waals surface area (Å²) in [6.07, 6.45) is 0. The lowest BCUT2D eigenvalue weighted by molar-refractivity contribution is -0.259. The molecule has 0 aromatic heterocycles. The largest absolute Gasteiger partial charge is 0.384 e. The smallest absolute Gasteiger partial charge is 0.308 e. The van der Waals surface area contributed by atoms with Crippen molar-refractivity contribution in [3.05, 3.63) is 34.9 Å². The van der Waals surface area contributed by atoms with Crippen molar-refractivity contribution in [1.29, 1.82) is 0 Å². The van der Waals surface area contributed by atoms with Gasteiger partial charge in [-0.15, -0.1) is 0 Å². The number of hydrogen-bond acceptors (Lipinski definition) is 2. The van der Waals surface area contributed by atoms with Crippen LogP contribution in [0.5, 0.6) is 0 Å². The molecule has 2 nitrogen and oxygen atoms in total. The van der Waals surface area contributed by atoms with E-state index in [2.05, 4.69) is 15.9 Å². The van der Waals surface area contributed by atoms with Crippen LogP contribution in [0.4, 0.5) is 8.78 Å². The van der Waals surface area contributed by atoms with Crippen molar-refractivity contribution in [1.82, 2.24) is 0 Å². The van der Waals surface area contributed by atoms with Crippen molar-refractivity contribution in [3.63, 3.8) is 0 Å². The normalized spacial score (nSPS) is 16.4. The molecule has 1 rings (SSSR count). The lowest BCUT2D eigenvalue weighted by Gasteiger charge is -2.41. The number of halogens is 4. The van der Waals surface area contributed by atoms with Gasteiger partial charge in [0, 0.05) is 15.9 Å². The summed E-state index contributed by atoms with van der Waals surface area (Å²) in [6, 6.07) is 5.78. The van der Waals surface area contributed by atoms with E-state index in [0.717, 1.165) is 13.8 Å². The molecule has 18 heavy (non-hydrogen) atoms. The van der Waals surface area contributed by atoms with Gasteiger partial charge in [0.25, 0.3) is 0 Å². The maximum absolute atomic E-state index is 14.3. The van der Waals surface area contributed by atoms with Gasteiger partial charge in [-0.25, -0.2) is 0 Å². The van der Waals surface area contributed by atoms with Gasteiger partial charge >= 0.3 is 5.92 Å². The SMILES string of the molecule is CC(C)(O)C(F)(F)C(O)(CBr)c1ccccc1Cl. The Labute approximate surface area is 118 Å². The molecule has 6 heteroatoms. The first-order chi connectivity index (χ1) is 8.08. The fraction of sp³-hybridized carbons (Fsp3) is 0.500. The zero-order valence-corrected chi connectivity index (χ0v) is 12.3. The Hall–Kier alpha value is -0.230. The Morgan fingerprint density at radius 2 is 1.72 bits per heavy atom. The summed E-state index contributed by atoms with van der Waals surface area (Å²) in [4.78, 5) is 0. The molecule has 0 amide bonds. The van der Waals surface area contributed by atoms with Crippen LogP contribution in [-0.2, 0) is 5.60 Å². The van der Waals surface area contributed by atoms with E-state index in [0.29, 0.717) is 0 Å². The van der Waals surface area contributed by atoms with Crippen LogP contribution in [0.25, 0.3) is 0 Å². The molecule has 102 valence electrons. The summed E-state index contributed by atoms with van der Waals surface area (Å²) in [6.45, 7) is 1.88. The molecule has 2 N–H and O–H groups in total. The Kier molecular flexibility index (Phi) is 4.43. The molecular formula is C12H14BrClF2O2. The molecule has 0 aliphatic heterocycles. The number of hydrogen-bond donors (Lipinski definition) is 2. The summed E-state index contributed by atoms with van der Waals surface area (Å²) in [7, 11) is 0. The van der Waals surface area contributed by atoms with Gasteiger partial charge in [-0.2, -0.15) is 8.78 Å². The van der Waals surface area contributed by atoms with Crippen molar-refractivity contribution in [2.24, 2.45) is 0 Å². The number of benzene rings is 1. The molecule has 0 saturated carbocycles. The second-order valence-electron chi connectivity index (χ2n) is 4.61. The van der Waals surface area contributed by atoms with Crippen LogP contribution in [0, 0.1) is 0 Å². The van der Waals surface area contributed by atoms with Crippen LogP contribution < -0.4 is 0 Å². The summed E-state index contributed by atoms with van der Waals surface area (Å²) < 4.78 is 28.5. The summed E-state index contributed by atoms with van der Waals surface area (Å²) in [5.74, 6) is -3.78. The Balaban J connectivity index is 3.44. The van der Waals surface area contributed by atoms with E-state index in [1.165, 1.54) is 18.2 Å². The topological polar surface area (TPSA) is 40.5 Å². The van der Waals surface area contributed by atoms with E-state index in [4.69, 9.17) is 11.6 Å². The second kappa shape index (κ2) is 5.04. The third-order valence-corrected chi connectivity index (χ3v) is 3.94. The highest BCUT2D eigenvalue weighted by Crippen LogP contribution is 2.47. The highest BCUT2D eigenvalue weighted by atomic mass is 79.9. The average Bonchev–Trinajstić information content (AvgIpc) is 2.27. The summed E-state index contributed by atoms with van der Waals surface area (Å²) in [5, 5.41) is 19.4. The molecule has 1 unspecified atom stereocenters. The Morgan fingerprint density at radius 1 is 1.22 bits per heavy atom. The molecular weight excluding hydrogens is 329 g/mol. The van der Waals surface area contributed by atoms with E-state index in [1.54, 1.807) is 6.07 Å². The number of rotatable bonds is 4. The summed E-state index contributed by atoms with van der Waals surface area (Å²) in [5.41, 5.74) is -5.12. The summed E-state index contributed by atoms with van der Waals surface area (Å²) >= 11 is 8.72. The first-order valence-electron chi connectivity index (χ1n) is 5.21. The third-order valence-electron chi connectivity index (χ3n) is 2.80. The van der Waals surface area contributed by atoms with Gasteiger partial charge in [0.1, 0.15) is 5.60 Å². The molecule has 0 saturated heterocycles. The molecule has 0 spiro atoms. The monoisotopic (exact) mass is 342 g/mol. The van der Waals surface area contributed by atoms with Crippen molar-refractivity contribution in [2.45, 2.75) is 31.0 Å². The molecule has 0 aliphatic rings. The minimum Gasteiger partial charge on any atom is -0.384 e. The highest BCUT2D eigenvalue weighted by molar-refractivity contribution is 9.09. The Bertz CT molecular complexity index is 434. The van der Waals surface area contributed by atoms with Crippen LogP contribution in [0.3, 0.4) is 0 Å². The van der Waals surface area contributed by atoms with Crippen molar-refractivity contribution in [2.75, 3.05) is 5.33 Å². The van der Waals surface area contributed by atoms with Crippen LogP contribution in [-0.4, -0.2) is 27.1 Å². The van der Waals surface area contributed by atoms with Gasteiger partial charge in [-0.05, 0) is 19.9 Å². The van der Waals surface area contributed by atoms with Gasteiger partial charge in [0.2, 0.25) is 0 Å². The lowest BCUT2D eigenvalue weighted by Crippen LogP contribution is -2.59. The van der Waals surface area contributed by atoms with Crippen LogP contribution in [0.2, 0.25) is 5.02 Å². The molecule has 0 radical (unpaired) electrons. The van der Waals surface area contributed by atoms with E-state index < -0.39 is 22.5 Å². The molecule has 1 aromatic rings. The van der Waals surface area contributed by atoms with E-state index in [9.17, 15) is 19.0 Å². The first kappa shape index (κ1) is 15.8. The first-order valence-corrected chi connectivity index (χ1v) is 6.71. The highest BCUT2D eigenvalue weighted by Gasteiger charge is 2.62. The van der Waals surface area contributed by atoms with Crippen molar-refractivity contribution in [3.8, 4) is 0 Å². The molecule has 0 heterocycles. The minimum atomic E-state index is -3.78. The standard InChI is InChI=1S/C12H14BrClF2O2/c1-10(2,17)12(15,16)11(18,7-13)8-5-3-4-6-9(8)14/h3-6,17-18H,7H2,1-2H3. The maximum atomic E-state index is 14.3. The fourth-order valence-electron chi connectivity index (χ4n) is 1.63. The predicted molar refractivity (Wildman–Crippen MR) is 70.4 cm³/mol. The molecule has 0 aliphatic carbocycles. The van der Waals surface area contributed by atoms with Gasteiger partial charge in [0.15, 0.2) is 5.60 Å². The minimum absolute atomic E-state index is 0.0170. The van der Waals surface area contributed by atoms with Crippen LogP contribution >= 0.6 is 27.5 Å². The van der Waals surface area contributed by atoms with Gasteiger partial charge < -0.3 is 10.2 Å². The average molecular weight is 344 g/mol. The van der Waals surface area contributed by atoms with E-state index in [1.807, 2.05) is 0 Å². The van der Waals surface area contributed by atoms with E-state index in [-0.39, 0.29) is 10.6 Å². The van der Waals surface area contributed by atoms with Crippen LogP contribution in [0.1, 0.15) is 19.4 Å². The molecule has 1 atom stereocenters. The zero-order chi connectivity index (χ0) is 14.2. The zero-order valence-electron chi connectivity index (χ0n) is 9.92. The molecule has 1 aromatic carbocycles. The quantitative estimate of drug-likeness (QED) is 0.823. The second-order valence-corrected chi connectivity index (χ2v) is 5.58. The maximum Gasteiger partial charge on any atom is 0.308 e. The fourth-order valence-corrected chi connectivity index (χ4v) is 2.57. The molecule has 0 bridgehead atoms. The van der Waals surface area contributed by atoms with Gasteiger partial charge in [-0.1, -0.05) is 45.7 Å². The van der Waals surface area contributed by atoms with Crippen molar-refractivity contribution >= 4 is 27.5 Å². The number of aliphatic hydroxyl groups is 2. The predicted octanol–water partition coefficient (Wildman–Crippen LogP) is 3.33. The third kappa shape index (κ3) is 2.41. The van der Waals surface area contributed by atoms with Gasteiger partial charge in [-0.3, -0.25) is 0 Å². The van der Waals surface area contributed by atoms with E-state index >= 15 is 0 Å².